The minimum atomic E-state index is -0.686. The van der Waals surface area contributed by atoms with Gasteiger partial charge in [0.05, 0.1) is 30.0 Å². The third-order valence-corrected chi connectivity index (χ3v) is 8.66. The van der Waals surface area contributed by atoms with Crippen LogP contribution in [0.3, 0.4) is 0 Å². The number of carbonyl (C=O) groups excluding carboxylic acids is 3. The molecule has 0 bridgehead atoms. The number of halogens is 1. The molecule has 6 rings (SSSR count). The van der Waals surface area contributed by atoms with Gasteiger partial charge in [0, 0.05) is 30.6 Å². The van der Waals surface area contributed by atoms with Crippen molar-refractivity contribution in [1.29, 1.82) is 5.26 Å². The Bertz CT molecular complexity index is 1610. The number of anilines is 1. The maximum atomic E-state index is 14.5. The van der Waals surface area contributed by atoms with E-state index < -0.39 is 23.9 Å². The van der Waals surface area contributed by atoms with Crippen molar-refractivity contribution in [1.82, 2.24) is 10.2 Å². The van der Waals surface area contributed by atoms with Gasteiger partial charge in [-0.1, -0.05) is 30.3 Å². The van der Waals surface area contributed by atoms with Crippen LogP contribution < -0.4 is 15.0 Å². The van der Waals surface area contributed by atoms with E-state index in [2.05, 4.69) is 5.32 Å². The Morgan fingerprint density at radius 3 is 2.51 bits per heavy atom. The lowest BCUT2D eigenvalue weighted by Crippen LogP contribution is -2.52. The first-order chi connectivity index (χ1) is 20.8. The number of hydrogen-bond acceptors (Lipinski definition) is 7. The third kappa shape index (κ3) is 5.68. The van der Waals surface area contributed by atoms with E-state index in [9.17, 15) is 23.9 Å². The van der Waals surface area contributed by atoms with E-state index in [1.807, 2.05) is 35.2 Å². The standard InChI is InChI=1S/C33H31FN4O5/c34-26-16-21(17-35)6-9-27(26)37-14-12-23(13-15-37)31(40)22-7-4-20(5-8-22)19-43-29-3-1-2-24-25(29)18-38(33(24)42)28-10-11-30(39)36-32(28)41/h1-9,16,23,28,31,40H,10-15,18-19H2,(H,36,39,41)/t28-,31-/m0/s1. The smallest absolute Gasteiger partial charge is 0.255 e. The van der Waals surface area contributed by atoms with E-state index in [-0.39, 0.29) is 37.3 Å². The van der Waals surface area contributed by atoms with Gasteiger partial charge >= 0.3 is 0 Å². The van der Waals surface area contributed by atoms with Gasteiger partial charge in [-0.2, -0.15) is 5.26 Å². The van der Waals surface area contributed by atoms with E-state index in [4.69, 9.17) is 10.00 Å². The van der Waals surface area contributed by atoms with Crippen LogP contribution in [0.25, 0.3) is 0 Å². The minimum absolute atomic E-state index is 0.0385. The van der Waals surface area contributed by atoms with Crippen molar-refractivity contribution in [3.8, 4) is 11.8 Å². The fourth-order valence-corrected chi connectivity index (χ4v) is 6.23. The van der Waals surface area contributed by atoms with Gasteiger partial charge in [-0.25, -0.2) is 4.39 Å². The highest BCUT2D eigenvalue weighted by atomic mass is 19.1. The Morgan fingerprint density at radius 1 is 1.05 bits per heavy atom. The summed E-state index contributed by atoms with van der Waals surface area (Å²) < 4.78 is 20.6. The quantitative estimate of drug-likeness (QED) is 0.404. The molecule has 0 aromatic heterocycles. The van der Waals surface area contributed by atoms with Gasteiger partial charge in [0.2, 0.25) is 11.8 Å². The molecule has 2 saturated heterocycles. The Morgan fingerprint density at radius 2 is 1.81 bits per heavy atom. The summed E-state index contributed by atoms with van der Waals surface area (Å²) in [5.74, 6) is -0.829. The zero-order valence-electron chi connectivity index (χ0n) is 23.5. The number of hydrogen-bond donors (Lipinski definition) is 2. The van der Waals surface area contributed by atoms with Crippen LogP contribution in [0.2, 0.25) is 0 Å². The first-order valence-corrected chi connectivity index (χ1v) is 14.4. The van der Waals surface area contributed by atoms with Crippen LogP contribution in [0, 0.1) is 23.1 Å². The van der Waals surface area contributed by atoms with Crippen LogP contribution in [-0.2, 0) is 22.7 Å². The Kier molecular flexibility index (Phi) is 7.82. The topological polar surface area (TPSA) is 123 Å². The molecule has 3 aromatic carbocycles. The lowest BCUT2D eigenvalue weighted by Gasteiger charge is -2.36. The van der Waals surface area contributed by atoms with E-state index >= 15 is 0 Å². The highest BCUT2D eigenvalue weighted by molar-refractivity contribution is 6.05. The molecule has 2 fully saturated rings. The van der Waals surface area contributed by atoms with Crippen LogP contribution in [0.4, 0.5) is 10.1 Å². The summed E-state index contributed by atoms with van der Waals surface area (Å²) in [5, 5.41) is 22.4. The van der Waals surface area contributed by atoms with Crippen molar-refractivity contribution in [2.24, 2.45) is 5.92 Å². The number of amides is 3. The summed E-state index contributed by atoms with van der Waals surface area (Å²) in [4.78, 5) is 40.4. The number of imide groups is 1. The van der Waals surface area contributed by atoms with Crippen molar-refractivity contribution in [3.63, 3.8) is 0 Å². The van der Waals surface area contributed by atoms with Crippen LogP contribution in [0.1, 0.15) is 64.4 Å². The molecule has 0 aliphatic carbocycles. The minimum Gasteiger partial charge on any atom is -0.489 e. The molecule has 43 heavy (non-hydrogen) atoms. The predicted octanol–water partition coefficient (Wildman–Crippen LogP) is 3.99. The largest absolute Gasteiger partial charge is 0.489 e. The maximum Gasteiger partial charge on any atom is 0.255 e. The van der Waals surface area contributed by atoms with Gasteiger partial charge in [-0.05, 0) is 66.6 Å². The molecular weight excluding hydrogens is 551 g/mol. The van der Waals surface area contributed by atoms with Crippen molar-refractivity contribution in [2.75, 3.05) is 18.0 Å². The van der Waals surface area contributed by atoms with Gasteiger partial charge in [0.15, 0.2) is 0 Å². The molecule has 0 radical (unpaired) electrons. The summed E-state index contributed by atoms with van der Waals surface area (Å²) in [6.45, 7) is 1.72. The number of carbonyl (C=O) groups is 3. The Hall–Kier alpha value is -4.75. The zero-order chi connectivity index (χ0) is 30.1. The molecule has 9 nitrogen and oxygen atoms in total. The monoisotopic (exact) mass is 582 g/mol. The fraction of sp³-hybridized carbons (Fsp3) is 0.333. The van der Waals surface area contributed by atoms with Gasteiger partial charge in [0.25, 0.3) is 5.91 Å². The average Bonchev–Trinajstić information content (AvgIpc) is 3.36. The summed E-state index contributed by atoms with van der Waals surface area (Å²) in [5.41, 5.74) is 3.68. The number of ether oxygens (including phenoxy) is 1. The van der Waals surface area contributed by atoms with Crippen LogP contribution in [-0.4, -0.2) is 46.9 Å². The van der Waals surface area contributed by atoms with Gasteiger partial charge < -0.3 is 19.6 Å². The normalized spacial score (nSPS) is 19.6. The summed E-state index contributed by atoms with van der Waals surface area (Å²) in [7, 11) is 0. The molecule has 0 spiro atoms. The first-order valence-electron chi connectivity index (χ1n) is 14.4. The maximum absolute atomic E-state index is 14.5. The summed E-state index contributed by atoms with van der Waals surface area (Å²) in [6, 6.07) is 18.6. The van der Waals surface area contributed by atoms with Gasteiger partial charge in [0.1, 0.15) is 24.2 Å². The van der Waals surface area contributed by atoms with E-state index in [0.29, 0.717) is 54.9 Å². The third-order valence-electron chi connectivity index (χ3n) is 8.66. The van der Waals surface area contributed by atoms with E-state index in [0.717, 1.165) is 16.7 Å². The molecule has 3 aromatic rings. The predicted molar refractivity (Wildman–Crippen MR) is 154 cm³/mol. The van der Waals surface area contributed by atoms with Crippen LogP contribution in [0.5, 0.6) is 5.75 Å². The molecule has 2 N–H and O–H groups in total. The molecule has 3 amide bonds. The molecule has 3 aliphatic heterocycles. The SMILES string of the molecule is N#Cc1ccc(N2CCC([C@@H](O)c3ccc(COc4cccc5c4CN([C@H]4CCC(=O)NC4=O)C5=O)cc3)CC2)c(F)c1. The number of rotatable bonds is 7. The number of piperidine rings is 2. The van der Waals surface area contributed by atoms with Gasteiger partial charge in [-0.3, -0.25) is 19.7 Å². The molecule has 2 atom stereocenters. The Balaban J connectivity index is 1.05. The van der Waals surface area contributed by atoms with Crippen molar-refractivity contribution < 1.29 is 28.6 Å². The Labute approximate surface area is 248 Å². The van der Waals surface area contributed by atoms with E-state index in [1.54, 1.807) is 30.3 Å². The van der Waals surface area contributed by atoms with Gasteiger partial charge in [-0.15, -0.1) is 0 Å². The van der Waals surface area contributed by atoms with Crippen molar-refractivity contribution >= 4 is 23.4 Å². The lowest BCUT2D eigenvalue weighted by atomic mass is 9.87. The summed E-state index contributed by atoms with van der Waals surface area (Å²) in [6.07, 6.45) is 1.26. The number of aliphatic hydroxyl groups excluding tert-OH is 1. The van der Waals surface area contributed by atoms with Crippen molar-refractivity contribution in [3.05, 3.63) is 94.3 Å². The molecule has 10 heteroatoms. The second-order valence-electron chi connectivity index (χ2n) is 11.3. The molecule has 0 saturated carbocycles. The molecule has 3 heterocycles. The molecule has 0 unspecified atom stereocenters. The average molecular weight is 583 g/mol. The second kappa shape index (κ2) is 11.9. The van der Waals surface area contributed by atoms with Crippen LogP contribution >= 0.6 is 0 Å². The number of aliphatic hydroxyl groups is 1. The highest BCUT2D eigenvalue weighted by Gasteiger charge is 2.40. The van der Waals surface area contributed by atoms with Crippen molar-refractivity contribution in [2.45, 2.75) is 51.0 Å². The zero-order valence-corrected chi connectivity index (χ0v) is 23.5. The fourth-order valence-electron chi connectivity index (χ4n) is 6.23. The number of benzene rings is 3. The number of nitrogens with one attached hydrogen (secondary N) is 1. The number of nitriles is 1. The van der Waals surface area contributed by atoms with E-state index in [1.165, 1.54) is 11.0 Å². The second-order valence-corrected chi connectivity index (χ2v) is 11.3. The molecule has 220 valence electrons. The first kappa shape index (κ1) is 28.4. The molecular formula is C33H31FN4O5. The highest BCUT2D eigenvalue weighted by Crippen LogP contribution is 2.35. The molecule has 3 aliphatic rings. The summed E-state index contributed by atoms with van der Waals surface area (Å²) >= 11 is 0. The number of fused-ring (bicyclic) bond motifs is 1. The van der Waals surface area contributed by atoms with Crippen LogP contribution in [0.15, 0.2) is 60.7 Å². The lowest BCUT2D eigenvalue weighted by molar-refractivity contribution is -0.136. The number of nitrogens with zero attached hydrogens (tertiary/aromatic N) is 3.